The summed E-state index contributed by atoms with van der Waals surface area (Å²) in [7, 11) is 0. The highest BCUT2D eigenvalue weighted by molar-refractivity contribution is 8.02. The van der Waals surface area contributed by atoms with E-state index in [1.165, 1.54) is 16.0 Å². The molecule has 0 spiro atoms. The summed E-state index contributed by atoms with van der Waals surface area (Å²) in [4.78, 5) is 6.04. The molecule has 0 saturated carbocycles. The van der Waals surface area contributed by atoms with Gasteiger partial charge in [0.2, 0.25) is 0 Å². The standard InChI is InChI=1S/C23H20ClNS/c1-17-6-12-22(13-7-17)26-15-14-23(19-8-10-20(24)11-9-19)25-21-5-3-4-18(2)16-21/h3-16H,1-2H3. The third-order valence-electron chi connectivity index (χ3n) is 3.84. The third kappa shape index (κ3) is 5.35. The summed E-state index contributed by atoms with van der Waals surface area (Å²) in [5, 5.41) is 2.80. The number of hydrogen-bond acceptors (Lipinski definition) is 2. The minimum absolute atomic E-state index is 0.724. The second kappa shape index (κ2) is 8.88. The molecule has 1 nitrogen and oxygen atoms in total. The van der Waals surface area contributed by atoms with Crippen LogP contribution in [0.5, 0.6) is 0 Å². The second-order valence-corrected chi connectivity index (χ2v) is 7.49. The number of hydrogen-bond donors (Lipinski definition) is 0. The Bertz CT molecular complexity index is 925. The lowest BCUT2D eigenvalue weighted by atomic mass is 10.1. The molecule has 0 fully saturated rings. The molecule has 3 heteroatoms. The lowest BCUT2D eigenvalue weighted by molar-refractivity contribution is 1.38. The molecule has 0 aromatic heterocycles. The molecule has 0 radical (unpaired) electrons. The Morgan fingerprint density at radius 3 is 2.31 bits per heavy atom. The van der Waals surface area contributed by atoms with Crippen LogP contribution in [0, 0.1) is 13.8 Å². The number of halogens is 1. The predicted molar refractivity (Wildman–Crippen MR) is 115 cm³/mol. The second-order valence-electron chi connectivity index (χ2n) is 6.08. The van der Waals surface area contributed by atoms with Crippen molar-refractivity contribution >= 4 is 34.8 Å². The summed E-state index contributed by atoms with van der Waals surface area (Å²) in [6, 6.07) is 24.5. The van der Waals surface area contributed by atoms with Crippen LogP contribution in [0.4, 0.5) is 5.69 Å². The maximum atomic E-state index is 6.03. The van der Waals surface area contributed by atoms with Gasteiger partial charge in [0.25, 0.3) is 0 Å². The van der Waals surface area contributed by atoms with Crippen molar-refractivity contribution < 1.29 is 0 Å². The molecule has 0 amide bonds. The fourth-order valence-electron chi connectivity index (χ4n) is 2.45. The van der Waals surface area contributed by atoms with E-state index in [-0.39, 0.29) is 0 Å². The largest absolute Gasteiger partial charge is 0.248 e. The molecule has 3 aromatic rings. The molecule has 0 atom stereocenters. The van der Waals surface area contributed by atoms with Crippen molar-refractivity contribution in [2.24, 2.45) is 4.99 Å². The zero-order valence-corrected chi connectivity index (χ0v) is 16.4. The van der Waals surface area contributed by atoms with Crippen molar-refractivity contribution in [2.75, 3.05) is 0 Å². The van der Waals surface area contributed by atoms with Crippen LogP contribution < -0.4 is 0 Å². The monoisotopic (exact) mass is 377 g/mol. The lowest BCUT2D eigenvalue weighted by Gasteiger charge is -2.04. The van der Waals surface area contributed by atoms with Crippen molar-refractivity contribution in [2.45, 2.75) is 18.7 Å². The van der Waals surface area contributed by atoms with Gasteiger partial charge in [-0.3, -0.25) is 0 Å². The Hall–Kier alpha value is -2.29. The van der Waals surface area contributed by atoms with Gasteiger partial charge in [0, 0.05) is 15.5 Å². The first-order chi connectivity index (χ1) is 12.6. The van der Waals surface area contributed by atoms with Crippen LogP contribution >= 0.6 is 23.4 Å². The van der Waals surface area contributed by atoms with Crippen LogP contribution in [-0.2, 0) is 0 Å². The van der Waals surface area contributed by atoms with Gasteiger partial charge in [-0.05, 0) is 67.3 Å². The van der Waals surface area contributed by atoms with E-state index in [2.05, 4.69) is 61.7 Å². The van der Waals surface area contributed by atoms with Crippen molar-refractivity contribution in [1.82, 2.24) is 0 Å². The summed E-state index contributed by atoms with van der Waals surface area (Å²) in [6.07, 6.45) is 2.05. The zero-order chi connectivity index (χ0) is 18.4. The molecular weight excluding hydrogens is 358 g/mol. The first-order valence-electron chi connectivity index (χ1n) is 8.41. The quantitative estimate of drug-likeness (QED) is 0.333. The Labute approximate surface area is 164 Å². The van der Waals surface area contributed by atoms with Crippen LogP contribution in [0.2, 0.25) is 5.02 Å². The highest BCUT2D eigenvalue weighted by Gasteiger charge is 2.02. The Kier molecular flexibility index (Phi) is 6.32. The molecular formula is C23H20ClNS. The molecule has 0 bridgehead atoms. The smallest absolute Gasteiger partial charge is 0.0714 e. The highest BCUT2D eigenvalue weighted by Crippen LogP contribution is 2.22. The Morgan fingerprint density at radius 1 is 0.885 bits per heavy atom. The molecule has 0 aliphatic carbocycles. The first-order valence-corrected chi connectivity index (χ1v) is 9.67. The van der Waals surface area contributed by atoms with Crippen LogP contribution in [0.3, 0.4) is 0 Å². The van der Waals surface area contributed by atoms with Crippen LogP contribution in [0.25, 0.3) is 0 Å². The van der Waals surface area contributed by atoms with Gasteiger partial charge in [-0.2, -0.15) is 0 Å². The number of aliphatic imine (C=N–C) groups is 1. The van der Waals surface area contributed by atoms with Crippen molar-refractivity contribution in [3.63, 3.8) is 0 Å². The van der Waals surface area contributed by atoms with Gasteiger partial charge < -0.3 is 0 Å². The SMILES string of the molecule is Cc1ccc(SC=CC(=Nc2cccc(C)c2)c2ccc(Cl)cc2)cc1. The summed E-state index contributed by atoms with van der Waals surface area (Å²) in [6.45, 7) is 4.17. The number of benzene rings is 3. The summed E-state index contributed by atoms with van der Waals surface area (Å²) >= 11 is 7.71. The van der Waals surface area contributed by atoms with Gasteiger partial charge in [0.15, 0.2) is 0 Å². The maximum Gasteiger partial charge on any atom is 0.0714 e. The summed E-state index contributed by atoms with van der Waals surface area (Å²) in [5.74, 6) is 0. The molecule has 0 aliphatic heterocycles. The number of allylic oxidation sites excluding steroid dienone is 1. The van der Waals surface area contributed by atoms with Crippen molar-refractivity contribution in [3.8, 4) is 0 Å². The normalized spacial score (nSPS) is 11.9. The average molecular weight is 378 g/mol. The molecule has 0 unspecified atom stereocenters. The van der Waals surface area contributed by atoms with Gasteiger partial charge in [-0.25, -0.2) is 4.99 Å². The maximum absolute atomic E-state index is 6.03. The first kappa shape index (κ1) is 18.5. The summed E-state index contributed by atoms with van der Waals surface area (Å²) < 4.78 is 0. The van der Waals surface area contributed by atoms with Crippen molar-refractivity contribution in [3.05, 3.63) is 106 Å². The van der Waals surface area contributed by atoms with E-state index in [1.807, 2.05) is 36.4 Å². The van der Waals surface area contributed by atoms with E-state index in [4.69, 9.17) is 16.6 Å². The van der Waals surface area contributed by atoms with Crippen LogP contribution in [-0.4, -0.2) is 5.71 Å². The zero-order valence-electron chi connectivity index (χ0n) is 14.8. The van der Waals surface area contributed by atoms with E-state index in [0.29, 0.717) is 0 Å². The van der Waals surface area contributed by atoms with Gasteiger partial charge in [0.05, 0.1) is 11.4 Å². The number of nitrogens with zero attached hydrogens (tertiary/aromatic N) is 1. The number of rotatable bonds is 5. The molecule has 0 aliphatic rings. The van der Waals surface area contributed by atoms with E-state index in [1.54, 1.807) is 11.8 Å². The van der Waals surface area contributed by atoms with E-state index < -0.39 is 0 Å². The molecule has 0 heterocycles. The van der Waals surface area contributed by atoms with Crippen LogP contribution in [0.15, 0.2) is 94.2 Å². The fourth-order valence-corrected chi connectivity index (χ4v) is 3.22. The minimum Gasteiger partial charge on any atom is -0.248 e. The minimum atomic E-state index is 0.724. The Balaban J connectivity index is 1.88. The molecule has 0 N–H and O–H groups in total. The fraction of sp³-hybridized carbons (Fsp3) is 0.0870. The topological polar surface area (TPSA) is 12.4 Å². The number of aryl methyl sites for hydroxylation is 2. The summed E-state index contributed by atoms with van der Waals surface area (Å²) in [5.41, 5.74) is 5.35. The number of thioether (sulfide) groups is 1. The van der Waals surface area contributed by atoms with Gasteiger partial charge >= 0.3 is 0 Å². The molecule has 130 valence electrons. The molecule has 26 heavy (non-hydrogen) atoms. The van der Waals surface area contributed by atoms with E-state index in [9.17, 15) is 0 Å². The lowest BCUT2D eigenvalue weighted by Crippen LogP contribution is -1.95. The molecule has 0 saturated heterocycles. The van der Waals surface area contributed by atoms with E-state index in [0.717, 1.165) is 22.0 Å². The third-order valence-corrected chi connectivity index (χ3v) is 4.91. The molecule has 3 aromatic carbocycles. The van der Waals surface area contributed by atoms with Crippen LogP contribution in [0.1, 0.15) is 16.7 Å². The van der Waals surface area contributed by atoms with E-state index >= 15 is 0 Å². The van der Waals surface area contributed by atoms with Gasteiger partial charge in [-0.15, -0.1) is 0 Å². The predicted octanol–water partition coefficient (Wildman–Crippen LogP) is 7.38. The van der Waals surface area contributed by atoms with Gasteiger partial charge in [-0.1, -0.05) is 65.3 Å². The Morgan fingerprint density at radius 2 is 1.62 bits per heavy atom. The highest BCUT2D eigenvalue weighted by atomic mass is 35.5. The van der Waals surface area contributed by atoms with Crippen molar-refractivity contribution in [1.29, 1.82) is 0 Å². The van der Waals surface area contributed by atoms with Gasteiger partial charge in [0.1, 0.15) is 0 Å². The molecule has 3 rings (SSSR count). The average Bonchev–Trinajstić information content (AvgIpc) is 2.63.